The smallest absolute Gasteiger partial charge is 0.224 e. The fraction of sp³-hybridized carbons (Fsp3) is 0.929. The summed E-state index contributed by atoms with van der Waals surface area (Å²) in [6.07, 6.45) is 7.99. The van der Waals surface area contributed by atoms with Crippen LogP contribution in [0.25, 0.3) is 0 Å². The highest BCUT2D eigenvalue weighted by Gasteiger charge is 2.16. The Labute approximate surface area is 106 Å². The van der Waals surface area contributed by atoms with Crippen molar-refractivity contribution >= 4 is 5.91 Å². The Bertz CT molecular complexity index is 206. The highest BCUT2D eigenvalue weighted by Crippen LogP contribution is 2.20. The highest BCUT2D eigenvalue weighted by atomic mass is 16.5. The molecule has 100 valence electrons. The molecule has 17 heavy (non-hydrogen) atoms. The second-order valence-electron chi connectivity index (χ2n) is 4.91. The van der Waals surface area contributed by atoms with Gasteiger partial charge in [0.25, 0.3) is 0 Å². The third kappa shape index (κ3) is 5.53. The van der Waals surface area contributed by atoms with E-state index in [1.54, 1.807) is 0 Å². The van der Waals surface area contributed by atoms with Gasteiger partial charge in [0.05, 0.1) is 19.1 Å². The van der Waals surface area contributed by atoms with Gasteiger partial charge in [-0.25, -0.2) is 0 Å². The van der Waals surface area contributed by atoms with Crippen LogP contribution in [0.4, 0.5) is 0 Å². The summed E-state index contributed by atoms with van der Waals surface area (Å²) < 4.78 is 5.73. The zero-order chi connectivity index (χ0) is 12.5. The summed E-state index contributed by atoms with van der Waals surface area (Å²) in [4.78, 5) is 13.9. The van der Waals surface area contributed by atoms with Gasteiger partial charge < -0.3 is 9.64 Å². The first-order valence-electron chi connectivity index (χ1n) is 7.17. The Hall–Kier alpha value is -0.570. The molecule has 0 N–H and O–H groups in total. The second-order valence-corrected chi connectivity index (χ2v) is 4.91. The maximum absolute atomic E-state index is 11.9. The van der Waals surface area contributed by atoms with E-state index >= 15 is 0 Å². The van der Waals surface area contributed by atoms with Gasteiger partial charge in [-0.05, 0) is 25.7 Å². The number of carbonyl (C=O) groups excluding carboxylic acids is 1. The summed E-state index contributed by atoms with van der Waals surface area (Å²) in [6, 6.07) is 0. The van der Waals surface area contributed by atoms with E-state index in [2.05, 4.69) is 13.8 Å². The van der Waals surface area contributed by atoms with Crippen molar-refractivity contribution < 1.29 is 9.53 Å². The van der Waals surface area contributed by atoms with E-state index in [4.69, 9.17) is 4.74 Å². The minimum absolute atomic E-state index is 0.256. The normalized spacial score (nSPS) is 16.4. The molecule has 0 atom stereocenters. The molecule has 0 heterocycles. The van der Waals surface area contributed by atoms with Crippen LogP contribution in [-0.2, 0) is 9.53 Å². The lowest BCUT2D eigenvalue weighted by atomic mass is 10.3. The van der Waals surface area contributed by atoms with Gasteiger partial charge in [-0.3, -0.25) is 4.79 Å². The summed E-state index contributed by atoms with van der Waals surface area (Å²) in [5.41, 5.74) is 0. The predicted octanol–water partition coefficient (Wildman–Crippen LogP) is 2.98. The van der Waals surface area contributed by atoms with Crippen molar-refractivity contribution in [1.82, 2.24) is 4.90 Å². The third-order valence-electron chi connectivity index (χ3n) is 3.31. The van der Waals surface area contributed by atoms with Crippen molar-refractivity contribution in [2.45, 2.75) is 64.9 Å². The van der Waals surface area contributed by atoms with E-state index in [1.165, 1.54) is 25.7 Å². The van der Waals surface area contributed by atoms with Gasteiger partial charge in [-0.1, -0.05) is 26.7 Å². The quantitative estimate of drug-likeness (QED) is 0.654. The number of hydrogen-bond acceptors (Lipinski definition) is 2. The van der Waals surface area contributed by atoms with Crippen molar-refractivity contribution in [3.8, 4) is 0 Å². The molecule has 1 saturated carbocycles. The minimum Gasteiger partial charge on any atom is -0.378 e. The van der Waals surface area contributed by atoms with Crippen molar-refractivity contribution in [3.63, 3.8) is 0 Å². The maximum atomic E-state index is 11.9. The number of carbonyl (C=O) groups is 1. The molecule has 1 rings (SSSR count). The van der Waals surface area contributed by atoms with Gasteiger partial charge in [-0.15, -0.1) is 0 Å². The molecule has 0 radical (unpaired) electrons. The lowest BCUT2D eigenvalue weighted by Gasteiger charge is -2.21. The SMILES string of the molecule is CCCN(CCC)C(=O)CCOC1CCCC1. The van der Waals surface area contributed by atoms with Gasteiger partial charge in [0, 0.05) is 13.1 Å². The third-order valence-corrected chi connectivity index (χ3v) is 3.31. The molecule has 0 unspecified atom stereocenters. The summed E-state index contributed by atoms with van der Waals surface area (Å²) in [7, 11) is 0. The molecular weight excluding hydrogens is 214 g/mol. The molecule has 0 saturated heterocycles. The van der Waals surface area contributed by atoms with E-state index in [-0.39, 0.29) is 5.91 Å². The van der Waals surface area contributed by atoms with Gasteiger partial charge in [0.1, 0.15) is 0 Å². The van der Waals surface area contributed by atoms with Gasteiger partial charge >= 0.3 is 0 Å². The van der Waals surface area contributed by atoms with E-state index in [9.17, 15) is 4.79 Å². The first-order chi connectivity index (χ1) is 8.27. The van der Waals surface area contributed by atoms with Gasteiger partial charge in [-0.2, -0.15) is 0 Å². The van der Waals surface area contributed by atoms with Crippen LogP contribution in [0.2, 0.25) is 0 Å². The first-order valence-corrected chi connectivity index (χ1v) is 7.17. The van der Waals surface area contributed by atoms with Crippen LogP contribution < -0.4 is 0 Å². The number of hydrogen-bond donors (Lipinski definition) is 0. The van der Waals surface area contributed by atoms with Crippen LogP contribution in [0.3, 0.4) is 0 Å². The van der Waals surface area contributed by atoms with E-state index in [0.717, 1.165) is 25.9 Å². The monoisotopic (exact) mass is 241 g/mol. The van der Waals surface area contributed by atoms with Crippen molar-refractivity contribution in [1.29, 1.82) is 0 Å². The highest BCUT2D eigenvalue weighted by molar-refractivity contribution is 5.76. The maximum Gasteiger partial charge on any atom is 0.224 e. The van der Waals surface area contributed by atoms with Crippen LogP contribution in [0, 0.1) is 0 Å². The molecule has 3 heteroatoms. The van der Waals surface area contributed by atoms with Crippen LogP contribution >= 0.6 is 0 Å². The van der Waals surface area contributed by atoms with Gasteiger partial charge in [0.2, 0.25) is 5.91 Å². The van der Waals surface area contributed by atoms with E-state index in [1.807, 2.05) is 4.90 Å². The second kappa shape index (κ2) is 8.51. The molecule has 3 nitrogen and oxygen atoms in total. The Morgan fingerprint density at radius 3 is 2.29 bits per heavy atom. The molecule has 1 aliphatic carbocycles. The molecule has 1 amide bonds. The number of amides is 1. The fourth-order valence-corrected chi connectivity index (χ4v) is 2.43. The zero-order valence-corrected chi connectivity index (χ0v) is 11.4. The summed E-state index contributed by atoms with van der Waals surface area (Å²) in [5.74, 6) is 0.256. The lowest BCUT2D eigenvalue weighted by Crippen LogP contribution is -2.33. The van der Waals surface area contributed by atoms with Crippen LogP contribution in [0.15, 0.2) is 0 Å². The van der Waals surface area contributed by atoms with E-state index < -0.39 is 0 Å². The fourth-order valence-electron chi connectivity index (χ4n) is 2.43. The zero-order valence-electron chi connectivity index (χ0n) is 11.4. The molecule has 0 aromatic rings. The number of rotatable bonds is 8. The number of nitrogens with zero attached hydrogens (tertiary/aromatic N) is 1. The molecule has 0 aliphatic heterocycles. The van der Waals surface area contributed by atoms with Crippen molar-refractivity contribution in [2.75, 3.05) is 19.7 Å². The molecule has 0 bridgehead atoms. The Kier molecular flexibility index (Phi) is 7.25. The van der Waals surface area contributed by atoms with Crippen LogP contribution in [0.5, 0.6) is 0 Å². The summed E-state index contributed by atoms with van der Waals surface area (Å²) >= 11 is 0. The Morgan fingerprint density at radius 1 is 1.18 bits per heavy atom. The Balaban J connectivity index is 2.16. The molecular formula is C14H27NO2. The largest absolute Gasteiger partial charge is 0.378 e. The molecule has 0 aromatic carbocycles. The van der Waals surface area contributed by atoms with Crippen LogP contribution in [-0.4, -0.2) is 36.6 Å². The van der Waals surface area contributed by atoms with Gasteiger partial charge in [0.15, 0.2) is 0 Å². The number of ether oxygens (including phenoxy) is 1. The lowest BCUT2D eigenvalue weighted by molar-refractivity contribution is -0.132. The van der Waals surface area contributed by atoms with Crippen LogP contribution in [0.1, 0.15) is 58.8 Å². The standard InChI is InChI=1S/C14H27NO2/c1-3-10-15(11-4-2)14(16)9-12-17-13-7-5-6-8-13/h13H,3-12H2,1-2H3. The van der Waals surface area contributed by atoms with E-state index in [0.29, 0.717) is 19.1 Å². The van der Waals surface area contributed by atoms with Crippen molar-refractivity contribution in [2.24, 2.45) is 0 Å². The first kappa shape index (κ1) is 14.5. The average molecular weight is 241 g/mol. The average Bonchev–Trinajstić information content (AvgIpc) is 2.81. The Morgan fingerprint density at radius 2 is 1.76 bits per heavy atom. The molecule has 0 spiro atoms. The molecule has 1 fully saturated rings. The molecule has 1 aliphatic rings. The van der Waals surface area contributed by atoms with Crippen molar-refractivity contribution in [3.05, 3.63) is 0 Å². The minimum atomic E-state index is 0.256. The molecule has 0 aromatic heterocycles. The predicted molar refractivity (Wildman–Crippen MR) is 70.0 cm³/mol. The summed E-state index contributed by atoms with van der Waals surface area (Å²) in [5, 5.41) is 0. The topological polar surface area (TPSA) is 29.5 Å². The summed E-state index contributed by atoms with van der Waals surface area (Å²) in [6.45, 7) is 6.61.